The number of hydrogen-bond acceptors (Lipinski definition) is 4. The Hall–Kier alpha value is -2.82. The van der Waals surface area contributed by atoms with Crippen molar-refractivity contribution < 1.29 is 4.79 Å². The van der Waals surface area contributed by atoms with Gasteiger partial charge >= 0.3 is 0 Å². The summed E-state index contributed by atoms with van der Waals surface area (Å²) in [5, 5.41) is 2.89. The minimum atomic E-state index is -0.161. The van der Waals surface area contributed by atoms with Crippen molar-refractivity contribution in [3.05, 3.63) is 53.7 Å². The molecule has 1 aliphatic heterocycles. The fraction of sp³-hybridized carbons (Fsp3) is 0.300. The summed E-state index contributed by atoms with van der Waals surface area (Å²) < 4.78 is 0. The van der Waals surface area contributed by atoms with Crippen molar-refractivity contribution in [1.82, 2.24) is 4.98 Å². The van der Waals surface area contributed by atoms with Gasteiger partial charge in [0.25, 0.3) is 0 Å². The Kier molecular flexibility index (Phi) is 5.03. The SMILES string of the molecule is CN(C)c1ncccc1NC(=O)C=Cc1ccc2c(c1)CCCN2C. The molecule has 0 saturated heterocycles. The van der Waals surface area contributed by atoms with Crippen LogP contribution in [0, 0.1) is 0 Å². The Bertz CT molecular complexity index is 798. The molecule has 0 atom stereocenters. The van der Waals surface area contributed by atoms with Gasteiger partial charge in [-0.2, -0.15) is 0 Å². The molecule has 2 heterocycles. The first-order valence-electron chi connectivity index (χ1n) is 8.50. The zero-order chi connectivity index (χ0) is 17.8. The quantitative estimate of drug-likeness (QED) is 0.871. The smallest absolute Gasteiger partial charge is 0.248 e. The number of hydrogen-bond donors (Lipinski definition) is 1. The molecular formula is C20H24N4O. The van der Waals surface area contributed by atoms with Gasteiger partial charge in [0.2, 0.25) is 5.91 Å². The van der Waals surface area contributed by atoms with Gasteiger partial charge in [0, 0.05) is 45.6 Å². The molecule has 2 aromatic rings. The Morgan fingerprint density at radius 1 is 1.32 bits per heavy atom. The maximum atomic E-state index is 12.2. The zero-order valence-corrected chi connectivity index (χ0v) is 15.0. The van der Waals surface area contributed by atoms with Crippen LogP contribution >= 0.6 is 0 Å². The number of rotatable bonds is 4. The molecule has 0 saturated carbocycles. The van der Waals surface area contributed by atoms with Crippen molar-refractivity contribution in [1.29, 1.82) is 0 Å². The highest BCUT2D eigenvalue weighted by Gasteiger charge is 2.13. The highest BCUT2D eigenvalue weighted by atomic mass is 16.1. The van der Waals surface area contributed by atoms with Gasteiger partial charge in [-0.3, -0.25) is 4.79 Å². The van der Waals surface area contributed by atoms with E-state index in [1.54, 1.807) is 12.3 Å². The summed E-state index contributed by atoms with van der Waals surface area (Å²) in [6.07, 6.45) is 7.41. The van der Waals surface area contributed by atoms with Crippen molar-refractivity contribution in [2.75, 3.05) is 42.8 Å². The van der Waals surface area contributed by atoms with Crippen LogP contribution in [-0.2, 0) is 11.2 Å². The van der Waals surface area contributed by atoms with Crippen molar-refractivity contribution in [2.24, 2.45) is 0 Å². The normalized spacial score (nSPS) is 13.6. The molecule has 1 N–H and O–H groups in total. The van der Waals surface area contributed by atoms with Crippen molar-refractivity contribution in [2.45, 2.75) is 12.8 Å². The second-order valence-electron chi connectivity index (χ2n) is 6.50. The molecule has 0 bridgehead atoms. The lowest BCUT2D eigenvalue weighted by molar-refractivity contribution is -0.111. The predicted molar refractivity (Wildman–Crippen MR) is 104 cm³/mol. The number of fused-ring (bicyclic) bond motifs is 1. The lowest BCUT2D eigenvalue weighted by Gasteiger charge is -2.27. The standard InChI is InChI=1S/C20H24N4O/c1-23(2)20-17(7-4-12-21-20)22-19(25)11-9-15-8-10-18-16(14-15)6-5-13-24(18)3/h4,7-12,14H,5-6,13H2,1-3H3,(H,22,25). The first-order valence-corrected chi connectivity index (χ1v) is 8.50. The van der Waals surface area contributed by atoms with E-state index in [0.29, 0.717) is 5.69 Å². The summed E-state index contributed by atoms with van der Waals surface area (Å²) >= 11 is 0. The molecule has 0 radical (unpaired) electrons. The Morgan fingerprint density at radius 2 is 2.16 bits per heavy atom. The number of benzene rings is 1. The van der Waals surface area contributed by atoms with Crippen LogP contribution < -0.4 is 15.1 Å². The van der Waals surface area contributed by atoms with E-state index >= 15 is 0 Å². The summed E-state index contributed by atoms with van der Waals surface area (Å²) in [5.74, 6) is 0.576. The van der Waals surface area contributed by atoms with E-state index in [4.69, 9.17) is 0 Å². The Morgan fingerprint density at radius 3 is 2.96 bits per heavy atom. The number of anilines is 3. The molecule has 25 heavy (non-hydrogen) atoms. The molecule has 1 aromatic carbocycles. The molecule has 0 spiro atoms. The second kappa shape index (κ2) is 7.38. The fourth-order valence-electron chi connectivity index (χ4n) is 3.11. The predicted octanol–water partition coefficient (Wildman–Crippen LogP) is 3.18. The van der Waals surface area contributed by atoms with Crippen molar-refractivity contribution in [3.63, 3.8) is 0 Å². The summed E-state index contributed by atoms with van der Waals surface area (Å²) in [5.41, 5.74) is 4.38. The third kappa shape index (κ3) is 3.99. The molecular weight excluding hydrogens is 312 g/mol. The molecule has 1 amide bonds. The van der Waals surface area contributed by atoms with Crippen LogP contribution in [0.15, 0.2) is 42.6 Å². The maximum absolute atomic E-state index is 12.2. The number of nitrogens with zero attached hydrogens (tertiary/aromatic N) is 3. The van der Waals surface area contributed by atoms with Crippen molar-refractivity contribution in [3.8, 4) is 0 Å². The van der Waals surface area contributed by atoms with Gasteiger partial charge in [-0.1, -0.05) is 6.07 Å². The number of pyridine rings is 1. The third-order valence-electron chi connectivity index (χ3n) is 4.35. The molecule has 3 rings (SSSR count). The Labute approximate surface area is 149 Å². The van der Waals surface area contributed by atoms with Gasteiger partial charge in [0.15, 0.2) is 5.82 Å². The monoisotopic (exact) mass is 336 g/mol. The molecule has 5 heteroatoms. The molecule has 1 aromatic heterocycles. The van der Waals surface area contributed by atoms with Crippen LogP contribution in [0.2, 0.25) is 0 Å². The molecule has 1 aliphatic rings. The summed E-state index contributed by atoms with van der Waals surface area (Å²) in [4.78, 5) is 20.7. The number of nitrogens with one attached hydrogen (secondary N) is 1. The van der Waals surface area contributed by atoms with E-state index < -0.39 is 0 Å². The molecule has 0 unspecified atom stereocenters. The highest BCUT2D eigenvalue weighted by molar-refractivity contribution is 6.03. The number of amides is 1. The number of aromatic nitrogens is 1. The molecule has 0 fully saturated rings. The first kappa shape index (κ1) is 17.0. The summed E-state index contributed by atoms with van der Waals surface area (Å²) in [6, 6.07) is 10.0. The fourth-order valence-corrected chi connectivity index (χ4v) is 3.11. The van der Waals surface area contributed by atoms with E-state index in [1.807, 2.05) is 37.2 Å². The van der Waals surface area contributed by atoms with Crippen molar-refractivity contribution >= 4 is 29.2 Å². The highest BCUT2D eigenvalue weighted by Crippen LogP contribution is 2.27. The number of carbonyl (C=O) groups excluding carboxylic acids is 1. The zero-order valence-electron chi connectivity index (χ0n) is 15.0. The van der Waals surface area contributed by atoms with E-state index in [9.17, 15) is 4.79 Å². The third-order valence-corrected chi connectivity index (χ3v) is 4.35. The van der Waals surface area contributed by atoms with Crippen LogP contribution in [0.3, 0.4) is 0 Å². The second-order valence-corrected chi connectivity index (χ2v) is 6.50. The first-order chi connectivity index (χ1) is 12.0. The van der Waals surface area contributed by atoms with Gasteiger partial charge in [-0.05, 0) is 54.3 Å². The number of carbonyl (C=O) groups is 1. The summed E-state index contributed by atoms with van der Waals surface area (Å²) in [7, 11) is 5.92. The largest absolute Gasteiger partial charge is 0.374 e. The average molecular weight is 336 g/mol. The molecule has 130 valence electrons. The van der Waals surface area contributed by atoms with Crippen LogP contribution in [0.25, 0.3) is 6.08 Å². The lowest BCUT2D eigenvalue weighted by Crippen LogP contribution is -2.24. The molecule has 5 nitrogen and oxygen atoms in total. The molecule has 0 aliphatic carbocycles. The lowest BCUT2D eigenvalue weighted by atomic mass is 9.99. The van der Waals surface area contributed by atoms with Crippen LogP contribution in [0.1, 0.15) is 17.5 Å². The van der Waals surface area contributed by atoms with Crippen LogP contribution in [-0.4, -0.2) is 38.6 Å². The van der Waals surface area contributed by atoms with Gasteiger partial charge in [-0.15, -0.1) is 0 Å². The van der Waals surface area contributed by atoms with E-state index in [-0.39, 0.29) is 5.91 Å². The Balaban J connectivity index is 1.71. The maximum Gasteiger partial charge on any atom is 0.248 e. The minimum Gasteiger partial charge on any atom is -0.374 e. The van der Waals surface area contributed by atoms with Gasteiger partial charge < -0.3 is 15.1 Å². The van der Waals surface area contributed by atoms with Crippen LogP contribution in [0.4, 0.5) is 17.2 Å². The minimum absolute atomic E-state index is 0.161. The van der Waals surface area contributed by atoms with E-state index in [1.165, 1.54) is 17.7 Å². The average Bonchev–Trinajstić information content (AvgIpc) is 2.60. The van der Waals surface area contributed by atoms with Crippen LogP contribution in [0.5, 0.6) is 0 Å². The van der Waals surface area contributed by atoms with Gasteiger partial charge in [0.05, 0.1) is 5.69 Å². The van der Waals surface area contributed by atoms with E-state index in [2.05, 4.69) is 40.4 Å². The number of aryl methyl sites for hydroxylation is 1. The topological polar surface area (TPSA) is 48.5 Å². The van der Waals surface area contributed by atoms with Gasteiger partial charge in [0.1, 0.15) is 0 Å². The van der Waals surface area contributed by atoms with E-state index in [0.717, 1.165) is 24.3 Å². The van der Waals surface area contributed by atoms with Gasteiger partial charge in [-0.25, -0.2) is 4.98 Å². The summed E-state index contributed by atoms with van der Waals surface area (Å²) in [6.45, 7) is 1.10.